The first kappa shape index (κ1) is 17.0. The van der Waals surface area contributed by atoms with Gasteiger partial charge < -0.3 is 5.32 Å². The van der Waals surface area contributed by atoms with Crippen molar-refractivity contribution < 1.29 is 4.79 Å². The normalized spacial score (nSPS) is 12.7. The maximum atomic E-state index is 12.5. The molecule has 1 atom stereocenters. The minimum absolute atomic E-state index is 0.0182. The lowest BCUT2D eigenvalue weighted by Gasteiger charge is -2.27. The molecule has 0 saturated carbocycles. The molecule has 0 bridgehead atoms. The summed E-state index contributed by atoms with van der Waals surface area (Å²) in [4.78, 5) is 12.5. The summed E-state index contributed by atoms with van der Waals surface area (Å²) < 4.78 is 1.20. The van der Waals surface area contributed by atoms with Crippen LogP contribution in [0.25, 0.3) is 0 Å². The van der Waals surface area contributed by atoms with Crippen LogP contribution < -0.4 is 5.32 Å². The van der Waals surface area contributed by atoms with E-state index in [-0.39, 0.29) is 17.4 Å². The number of carbonyl (C=O) groups excluding carboxylic acids is 1. The highest BCUT2D eigenvalue weighted by Gasteiger charge is 2.22. The molecule has 0 aliphatic heterocycles. The minimum atomic E-state index is -0.0200. The summed E-state index contributed by atoms with van der Waals surface area (Å²) in [5.74, 6) is -0.0200. The zero-order valence-corrected chi connectivity index (χ0v) is 15.4. The van der Waals surface area contributed by atoms with Gasteiger partial charge in [0.1, 0.15) is 0 Å². The maximum absolute atomic E-state index is 12.5. The second kappa shape index (κ2) is 7.27. The largest absolute Gasteiger partial charge is 0.345 e. The summed E-state index contributed by atoms with van der Waals surface area (Å²) in [7, 11) is 0. The van der Waals surface area contributed by atoms with Gasteiger partial charge in [-0.1, -0.05) is 51.1 Å². The molecule has 0 aliphatic rings. The van der Waals surface area contributed by atoms with Crippen LogP contribution in [0.4, 0.5) is 0 Å². The first-order chi connectivity index (χ1) is 10.3. The lowest BCUT2D eigenvalue weighted by atomic mass is 9.85. The molecule has 116 valence electrons. The van der Waals surface area contributed by atoms with Gasteiger partial charge >= 0.3 is 0 Å². The highest BCUT2D eigenvalue weighted by molar-refractivity contribution is 14.1. The summed E-state index contributed by atoms with van der Waals surface area (Å²) in [6.07, 6.45) is 0.895. The van der Waals surface area contributed by atoms with Crippen LogP contribution in [0, 0.1) is 8.99 Å². The van der Waals surface area contributed by atoms with Crippen LogP contribution in [0.15, 0.2) is 54.6 Å². The van der Waals surface area contributed by atoms with Crippen molar-refractivity contribution in [3.8, 4) is 0 Å². The van der Waals surface area contributed by atoms with Crippen LogP contribution in [0.1, 0.15) is 49.2 Å². The summed E-state index contributed by atoms with van der Waals surface area (Å²) in [6, 6.07) is 17.8. The lowest BCUT2D eigenvalue weighted by molar-refractivity contribution is 0.0926. The van der Waals surface area contributed by atoms with Crippen LogP contribution in [-0.4, -0.2) is 5.91 Å². The van der Waals surface area contributed by atoms with E-state index < -0.39 is 0 Å². The van der Waals surface area contributed by atoms with Gasteiger partial charge in [0.25, 0.3) is 5.91 Å². The number of hydrogen-bond acceptors (Lipinski definition) is 1. The summed E-state index contributed by atoms with van der Waals surface area (Å²) in [5.41, 5.74) is 1.99. The third kappa shape index (κ3) is 5.13. The Labute approximate surface area is 146 Å². The number of hydrogen-bond donors (Lipinski definition) is 1. The Hall–Kier alpha value is -1.36. The van der Waals surface area contributed by atoms with Crippen molar-refractivity contribution >= 4 is 28.5 Å². The third-order valence-electron chi connectivity index (χ3n) is 3.43. The molecule has 1 N–H and O–H groups in total. The molecular formula is C19H22INO. The fourth-order valence-electron chi connectivity index (χ4n) is 2.39. The van der Waals surface area contributed by atoms with Crippen LogP contribution in [0.2, 0.25) is 0 Å². The van der Waals surface area contributed by atoms with E-state index in [0.717, 1.165) is 12.0 Å². The molecule has 2 nitrogen and oxygen atoms in total. The van der Waals surface area contributed by atoms with Crippen LogP contribution in [0.5, 0.6) is 0 Å². The Morgan fingerprint density at radius 2 is 1.64 bits per heavy atom. The molecule has 0 aliphatic carbocycles. The van der Waals surface area contributed by atoms with Crippen molar-refractivity contribution in [1.29, 1.82) is 0 Å². The molecule has 0 saturated heterocycles. The van der Waals surface area contributed by atoms with E-state index in [4.69, 9.17) is 0 Å². The lowest BCUT2D eigenvalue weighted by Crippen LogP contribution is -2.31. The van der Waals surface area contributed by atoms with Crippen molar-refractivity contribution in [2.24, 2.45) is 5.41 Å². The number of amides is 1. The summed E-state index contributed by atoms with van der Waals surface area (Å²) in [5, 5.41) is 3.18. The van der Waals surface area contributed by atoms with Gasteiger partial charge in [-0.3, -0.25) is 4.79 Å². The van der Waals surface area contributed by atoms with Gasteiger partial charge in [-0.25, -0.2) is 0 Å². The molecule has 0 spiro atoms. The molecule has 0 aromatic heterocycles. The SMILES string of the molecule is CC(C)(C)CC(NC(=O)c1ccccc1)c1ccc(I)cc1. The number of nitrogens with one attached hydrogen (secondary N) is 1. The molecular weight excluding hydrogens is 385 g/mol. The zero-order valence-electron chi connectivity index (χ0n) is 13.3. The van der Waals surface area contributed by atoms with Crippen molar-refractivity contribution in [2.45, 2.75) is 33.2 Å². The van der Waals surface area contributed by atoms with Gasteiger partial charge in [-0.2, -0.15) is 0 Å². The topological polar surface area (TPSA) is 29.1 Å². The van der Waals surface area contributed by atoms with Gasteiger partial charge in [-0.05, 0) is 64.3 Å². The van der Waals surface area contributed by atoms with E-state index in [1.165, 1.54) is 3.57 Å². The van der Waals surface area contributed by atoms with E-state index in [1.54, 1.807) is 0 Å². The predicted octanol–water partition coefficient (Wildman–Crippen LogP) is 5.20. The molecule has 0 fully saturated rings. The molecule has 2 rings (SSSR count). The van der Waals surface area contributed by atoms with Crippen molar-refractivity contribution in [2.75, 3.05) is 0 Å². The molecule has 2 aromatic rings. The third-order valence-corrected chi connectivity index (χ3v) is 4.15. The molecule has 1 amide bonds. The summed E-state index contributed by atoms with van der Waals surface area (Å²) >= 11 is 2.30. The van der Waals surface area contributed by atoms with E-state index in [0.29, 0.717) is 5.56 Å². The Kier molecular flexibility index (Phi) is 5.62. The quantitative estimate of drug-likeness (QED) is 0.694. The van der Waals surface area contributed by atoms with Crippen molar-refractivity contribution in [1.82, 2.24) is 5.32 Å². The Morgan fingerprint density at radius 3 is 2.18 bits per heavy atom. The van der Waals surface area contributed by atoms with Crippen molar-refractivity contribution in [3.05, 3.63) is 69.3 Å². The molecule has 3 heteroatoms. The van der Waals surface area contributed by atoms with E-state index >= 15 is 0 Å². The van der Waals surface area contributed by atoms with E-state index in [9.17, 15) is 4.79 Å². The predicted molar refractivity (Wildman–Crippen MR) is 99.9 cm³/mol. The smallest absolute Gasteiger partial charge is 0.251 e. The molecule has 22 heavy (non-hydrogen) atoms. The highest BCUT2D eigenvalue weighted by atomic mass is 127. The number of carbonyl (C=O) groups is 1. The van der Waals surface area contributed by atoms with Gasteiger partial charge in [0, 0.05) is 9.13 Å². The monoisotopic (exact) mass is 407 g/mol. The van der Waals surface area contributed by atoms with Gasteiger partial charge in [-0.15, -0.1) is 0 Å². The fourth-order valence-corrected chi connectivity index (χ4v) is 2.75. The zero-order chi connectivity index (χ0) is 16.2. The average molecular weight is 407 g/mol. The van der Waals surface area contributed by atoms with Gasteiger partial charge in [0.15, 0.2) is 0 Å². The molecule has 0 heterocycles. The maximum Gasteiger partial charge on any atom is 0.251 e. The van der Waals surface area contributed by atoms with Crippen LogP contribution in [0.3, 0.4) is 0 Å². The Morgan fingerprint density at radius 1 is 1.05 bits per heavy atom. The first-order valence-electron chi connectivity index (χ1n) is 7.46. The molecule has 2 aromatic carbocycles. The minimum Gasteiger partial charge on any atom is -0.345 e. The standard InChI is InChI=1S/C19H22INO/c1-19(2,3)13-17(14-9-11-16(20)12-10-14)21-18(22)15-7-5-4-6-8-15/h4-12,17H,13H2,1-3H3,(H,21,22). The van der Waals surface area contributed by atoms with Crippen LogP contribution >= 0.6 is 22.6 Å². The summed E-state index contributed by atoms with van der Waals surface area (Å²) in [6.45, 7) is 6.59. The first-order valence-corrected chi connectivity index (χ1v) is 8.54. The number of halogens is 1. The molecule has 1 unspecified atom stereocenters. The van der Waals surface area contributed by atoms with E-state index in [2.05, 4.69) is 72.9 Å². The van der Waals surface area contributed by atoms with Crippen LogP contribution in [-0.2, 0) is 0 Å². The Bertz CT molecular complexity index is 614. The second-order valence-corrected chi connectivity index (χ2v) is 7.95. The second-order valence-electron chi connectivity index (χ2n) is 6.71. The number of benzene rings is 2. The number of rotatable bonds is 4. The van der Waals surface area contributed by atoms with Gasteiger partial charge in [0.2, 0.25) is 0 Å². The average Bonchev–Trinajstić information content (AvgIpc) is 2.47. The van der Waals surface area contributed by atoms with Gasteiger partial charge in [0.05, 0.1) is 6.04 Å². The highest BCUT2D eigenvalue weighted by Crippen LogP contribution is 2.30. The van der Waals surface area contributed by atoms with Crippen molar-refractivity contribution in [3.63, 3.8) is 0 Å². The molecule has 0 radical (unpaired) electrons. The van der Waals surface area contributed by atoms with E-state index in [1.807, 2.05) is 30.3 Å². The fraction of sp³-hybridized carbons (Fsp3) is 0.316. The Balaban J connectivity index is 2.21.